The highest BCUT2D eigenvalue weighted by molar-refractivity contribution is 7.98. The molecule has 1 aliphatic rings. The quantitative estimate of drug-likeness (QED) is 0.674. The molecule has 0 atom stereocenters. The molecule has 124 valence electrons. The number of nitrogens with zero attached hydrogens (tertiary/aromatic N) is 3. The second-order valence-corrected chi connectivity index (χ2v) is 7.67. The van der Waals surface area contributed by atoms with Crippen LogP contribution in [0.1, 0.15) is 32.2 Å². The van der Waals surface area contributed by atoms with Crippen molar-refractivity contribution in [1.29, 1.82) is 0 Å². The zero-order valence-corrected chi connectivity index (χ0v) is 14.9. The number of nitrogen functional groups attached to an aromatic ring is 1. The lowest BCUT2D eigenvalue weighted by Crippen LogP contribution is -2.24. The van der Waals surface area contributed by atoms with Gasteiger partial charge in [0.1, 0.15) is 13.2 Å². The summed E-state index contributed by atoms with van der Waals surface area (Å²) in [4.78, 5) is 0. The number of thioether (sulfide) groups is 1. The minimum atomic E-state index is -0.152. The maximum absolute atomic E-state index is 6.25. The van der Waals surface area contributed by atoms with E-state index in [1.54, 1.807) is 4.68 Å². The molecule has 3 rings (SSSR count). The van der Waals surface area contributed by atoms with Crippen LogP contribution in [-0.2, 0) is 11.2 Å². The maximum atomic E-state index is 6.25. The molecule has 2 aromatic rings. The van der Waals surface area contributed by atoms with Crippen molar-refractivity contribution >= 4 is 23.4 Å². The van der Waals surface area contributed by atoms with Crippen LogP contribution < -0.4 is 15.3 Å². The van der Waals surface area contributed by atoms with Gasteiger partial charge in [0.2, 0.25) is 5.16 Å². The van der Waals surface area contributed by atoms with Crippen LogP contribution >= 0.6 is 23.4 Å². The van der Waals surface area contributed by atoms with Crippen LogP contribution in [-0.4, -0.2) is 28.1 Å². The smallest absolute Gasteiger partial charge is 0.210 e. The van der Waals surface area contributed by atoms with E-state index in [2.05, 4.69) is 31.0 Å². The average Bonchev–Trinajstić information content (AvgIpc) is 2.86. The number of nitrogens with two attached hydrogens (primary N) is 1. The molecule has 23 heavy (non-hydrogen) atoms. The second-order valence-electron chi connectivity index (χ2n) is 6.32. The van der Waals surface area contributed by atoms with Gasteiger partial charge in [0.05, 0.1) is 5.02 Å². The second kappa shape index (κ2) is 6.13. The number of aromatic nitrogens is 3. The van der Waals surface area contributed by atoms with E-state index >= 15 is 0 Å². The van der Waals surface area contributed by atoms with Gasteiger partial charge in [-0.1, -0.05) is 44.1 Å². The van der Waals surface area contributed by atoms with Gasteiger partial charge in [0.25, 0.3) is 0 Å². The van der Waals surface area contributed by atoms with Crippen LogP contribution in [0.15, 0.2) is 17.3 Å². The Morgan fingerprint density at radius 2 is 2.00 bits per heavy atom. The van der Waals surface area contributed by atoms with E-state index in [0.717, 1.165) is 11.4 Å². The minimum absolute atomic E-state index is 0.152. The van der Waals surface area contributed by atoms with Gasteiger partial charge in [0.15, 0.2) is 17.3 Å². The van der Waals surface area contributed by atoms with Crippen LogP contribution in [0.3, 0.4) is 0 Å². The van der Waals surface area contributed by atoms with Crippen LogP contribution in [0.4, 0.5) is 0 Å². The van der Waals surface area contributed by atoms with Gasteiger partial charge < -0.3 is 15.3 Å². The molecule has 0 radical (unpaired) electrons. The standard InChI is InChI=1S/C15H19ClN4O2S/c1-15(2,3)13-18-19-14(20(13)17)23-8-9-6-10(16)12-11(7-9)21-4-5-22-12/h6-7H,4-5,8,17H2,1-3H3. The van der Waals surface area contributed by atoms with E-state index in [1.807, 2.05) is 12.1 Å². The molecule has 0 unspecified atom stereocenters. The molecule has 0 amide bonds. The fraction of sp³-hybridized carbons (Fsp3) is 0.467. The lowest BCUT2D eigenvalue weighted by atomic mass is 9.96. The first-order chi connectivity index (χ1) is 10.9. The topological polar surface area (TPSA) is 75.2 Å². The van der Waals surface area contributed by atoms with Gasteiger partial charge in [-0.2, -0.15) is 0 Å². The molecule has 0 spiro atoms. The van der Waals surface area contributed by atoms with Gasteiger partial charge in [-0.15, -0.1) is 10.2 Å². The van der Waals surface area contributed by atoms with Crippen LogP contribution in [0.5, 0.6) is 11.5 Å². The molecule has 0 aliphatic carbocycles. The summed E-state index contributed by atoms with van der Waals surface area (Å²) < 4.78 is 12.7. The molecule has 0 saturated heterocycles. The zero-order valence-electron chi connectivity index (χ0n) is 13.3. The summed E-state index contributed by atoms with van der Waals surface area (Å²) >= 11 is 7.76. The third-order valence-corrected chi connectivity index (χ3v) is 4.65. The number of benzene rings is 1. The first-order valence-corrected chi connectivity index (χ1v) is 8.64. The highest BCUT2D eigenvalue weighted by Crippen LogP contribution is 2.39. The largest absolute Gasteiger partial charge is 0.486 e. The summed E-state index contributed by atoms with van der Waals surface area (Å²) in [6, 6.07) is 3.82. The van der Waals surface area contributed by atoms with Crippen molar-refractivity contribution in [3.05, 3.63) is 28.5 Å². The highest BCUT2D eigenvalue weighted by Gasteiger charge is 2.23. The third kappa shape index (κ3) is 3.35. The van der Waals surface area contributed by atoms with Gasteiger partial charge in [-0.3, -0.25) is 0 Å². The first kappa shape index (κ1) is 16.3. The SMILES string of the molecule is CC(C)(C)c1nnc(SCc2cc(Cl)c3c(c2)OCCO3)n1N. The van der Waals surface area contributed by atoms with Crippen LogP contribution in [0, 0.1) is 0 Å². The van der Waals surface area contributed by atoms with Crippen LogP contribution in [0.2, 0.25) is 5.02 Å². The summed E-state index contributed by atoms with van der Waals surface area (Å²) in [5.74, 6) is 8.81. The molecule has 0 saturated carbocycles. The van der Waals surface area contributed by atoms with E-state index in [9.17, 15) is 0 Å². The number of ether oxygens (including phenoxy) is 2. The van der Waals surface area contributed by atoms with Crippen molar-refractivity contribution in [3.63, 3.8) is 0 Å². The first-order valence-electron chi connectivity index (χ1n) is 7.28. The van der Waals surface area contributed by atoms with E-state index in [1.165, 1.54) is 11.8 Å². The summed E-state index contributed by atoms with van der Waals surface area (Å²) in [5.41, 5.74) is 0.866. The Kier molecular flexibility index (Phi) is 4.33. The Morgan fingerprint density at radius 3 is 2.70 bits per heavy atom. The van der Waals surface area contributed by atoms with E-state index in [4.69, 9.17) is 26.9 Å². The molecule has 6 nitrogen and oxygen atoms in total. The Labute approximate surface area is 144 Å². The van der Waals surface area contributed by atoms with Gasteiger partial charge in [0, 0.05) is 11.2 Å². The van der Waals surface area contributed by atoms with Crippen molar-refractivity contribution in [2.75, 3.05) is 19.1 Å². The number of halogens is 1. The van der Waals surface area contributed by atoms with E-state index in [-0.39, 0.29) is 5.41 Å². The molecule has 1 aromatic heterocycles. The van der Waals surface area contributed by atoms with Gasteiger partial charge in [-0.05, 0) is 17.7 Å². The molecule has 1 aromatic carbocycles. The predicted octanol–water partition coefficient (Wildman–Crippen LogP) is 3.01. The fourth-order valence-electron chi connectivity index (χ4n) is 2.28. The zero-order chi connectivity index (χ0) is 16.6. The molecule has 0 bridgehead atoms. The average molecular weight is 355 g/mol. The highest BCUT2D eigenvalue weighted by atomic mass is 35.5. The molecular formula is C15H19ClN4O2S. The van der Waals surface area contributed by atoms with Crippen LogP contribution in [0.25, 0.3) is 0 Å². The van der Waals surface area contributed by atoms with E-state index in [0.29, 0.717) is 40.6 Å². The normalized spacial score (nSPS) is 14.1. The Hall–Kier alpha value is -1.60. The third-order valence-electron chi connectivity index (χ3n) is 3.36. The summed E-state index contributed by atoms with van der Waals surface area (Å²) in [5, 5.41) is 9.58. The molecular weight excluding hydrogens is 336 g/mol. The Morgan fingerprint density at radius 1 is 1.26 bits per heavy atom. The molecule has 1 aliphatic heterocycles. The monoisotopic (exact) mass is 354 g/mol. The number of rotatable bonds is 3. The predicted molar refractivity (Wildman–Crippen MR) is 90.9 cm³/mol. The van der Waals surface area contributed by atoms with Gasteiger partial charge >= 0.3 is 0 Å². The lowest BCUT2D eigenvalue weighted by Gasteiger charge is -2.20. The summed E-state index contributed by atoms with van der Waals surface area (Å²) in [7, 11) is 0. The Bertz CT molecular complexity index is 727. The lowest BCUT2D eigenvalue weighted by molar-refractivity contribution is 0.171. The minimum Gasteiger partial charge on any atom is -0.486 e. The van der Waals surface area contributed by atoms with Crippen molar-refractivity contribution < 1.29 is 9.47 Å². The summed E-state index contributed by atoms with van der Waals surface area (Å²) in [6.07, 6.45) is 0. The maximum Gasteiger partial charge on any atom is 0.210 e. The van der Waals surface area contributed by atoms with Crippen molar-refractivity contribution in [3.8, 4) is 11.5 Å². The molecule has 2 N–H and O–H groups in total. The molecule has 2 heterocycles. The number of hydrogen-bond donors (Lipinski definition) is 1. The molecule has 8 heteroatoms. The number of fused-ring (bicyclic) bond motifs is 1. The van der Waals surface area contributed by atoms with Crippen molar-refractivity contribution in [1.82, 2.24) is 14.9 Å². The van der Waals surface area contributed by atoms with Crippen molar-refractivity contribution in [2.24, 2.45) is 0 Å². The molecule has 0 fully saturated rings. The Balaban J connectivity index is 1.77. The summed E-state index contributed by atoms with van der Waals surface area (Å²) in [6.45, 7) is 7.21. The number of hydrogen-bond acceptors (Lipinski definition) is 6. The van der Waals surface area contributed by atoms with Crippen molar-refractivity contribution in [2.45, 2.75) is 37.1 Å². The fourth-order valence-corrected chi connectivity index (χ4v) is 3.36. The van der Waals surface area contributed by atoms with E-state index < -0.39 is 0 Å². The van der Waals surface area contributed by atoms with Gasteiger partial charge in [-0.25, -0.2) is 4.68 Å².